The standard InChI is InChI=1S/C11H16BrN3O/c1-7-2-8(4-13)6-15(7)11(16)10-3-9(12)5-14-10/h3,5,7-8,14H,2,4,6,13H2,1H3. The molecule has 5 heteroatoms. The van der Waals surface area contributed by atoms with Crippen LogP contribution in [0.2, 0.25) is 0 Å². The number of hydrogen-bond donors (Lipinski definition) is 2. The van der Waals surface area contributed by atoms with Crippen molar-refractivity contribution in [3.05, 3.63) is 22.4 Å². The second-order valence-corrected chi connectivity index (χ2v) is 5.29. The quantitative estimate of drug-likeness (QED) is 0.867. The van der Waals surface area contributed by atoms with E-state index in [1.165, 1.54) is 0 Å². The molecule has 1 aromatic heterocycles. The van der Waals surface area contributed by atoms with Crippen molar-refractivity contribution in [2.75, 3.05) is 13.1 Å². The van der Waals surface area contributed by atoms with Gasteiger partial charge >= 0.3 is 0 Å². The van der Waals surface area contributed by atoms with E-state index in [0.29, 0.717) is 18.2 Å². The molecular weight excluding hydrogens is 270 g/mol. The number of carbonyl (C=O) groups is 1. The summed E-state index contributed by atoms with van der Waals surface area (Å²) < 4.78 is 0.901. The van der Waals surface area contributed by atoms with E-state index < -0.39 is 0 Å². The topological polar surface area (TPSA) is 62.1 Å². The fraction of sp³-hybridized carbons (Fsp3) is 0.545. The SMILES string of the molecule is CC1CC(CN)CN1C(=O)c1cc(Br)c[nH]1. The Kier molecular flexibility index (Phi) is 3.35. The first-order valence-electron chi connectivity index (χ1n) is 5.46. The van der Waals surface area contributed by atoms with Crippen LogP contribution in [0.15, 0.2) is 16.7 Å². The zero-order chi connectivity index (χ0) is 11.7. The number of aromatic amines is 1. The summed E-state index contributed by atoms with van der Waals surface area (Å²) in [6.45, 7) is 3.50. The zero-order valence-corrected chi connectivity index (χ0v) is 10.8. The van der Waals surface area contributed by atoms with Crippen molar-refractivity contribution < 1.29 is 4.79 Å². The van der Waals surface area contributed by atoms with Gasteiger partial charge < -0.3 is 15.6 Å². The number of nitrogens with two attached hydrogens (primary N) is 1. The van der Waals surface area contributed by atoms with Crippen molar-refractivity contribution >= 4 is 21.8 Å². The highest BCUT2D eigenvalue weighted by Gasteiger charge is 2.32. The molecule has 2 heterocycles. The molecule has 1 fully saturated rings. The highest BCUT2D eigenvalue weighted by Crippen LogP contribution is 2.24. The summed E-state index contributed by atoms with van der Waals surface area (Å²) in [4.78, 5) is 17.0. The second-order valence-electron chi connectivity index (χ2n) is 4.38. The third-order valence-electron chi connectivity index (χ3n) is 3.13. The average molecular weight is 286 g/mol. The predicted octanol–water partition coefficient (Wildman–Crippen LogP) is 1.59. The Morgan fingerprint density at radius 1 is 1.75 bits per heavy atom. The molecule has 0 radical (unpaired) electrons. The summed E-state index contributed by atoms with van der Waals surface area (Å²) in [5.41, 5.74) is 6.28. The molecule has 0 spiro atoms. The van der Waals surface area contributed by atoms with Crippen LogP contribution in [0.4, 0.5) is 0 Å². The van der Waals surface area contributed by atoms with Crippen molar-refractivity contribution in [3.8, 4) is 0 Å². The number of amides is 1. The number of nitrogens with one attached hydrogen (secondary N) is 1. The van der Waals surface area contributed by atoms with Gasteiger partial charge in [0.05, 0.1) is 0 Å². The molecule has 1 saturated heterocycles. The summed E-state index contributed by atoms with van der Waals surface area (Å²) in [6, 6.07) is 2.09. The van der Waals surface area contributed by atoms with E-state index in [-0.39, 0.29) is 11.9 Å². The lowest BCUT2D eigenvalue weighted by Gasteiger charge is -2.20. The van der Waals surface area contributed by atoms with Crippen LogP contribution in [-0.2, 0) is 0 Å². The van der Waals surface area contributed by atoms with Crippen LogP contribution in [0, 0.1) is 5.92 Å². The summed E-state index contributed by atoms with van der Waals surface area (Å²) in [5.74, 6) is 0.506. The van der Waals surface area contributed by atoms with E-state index >= 15 is 0 Å². The maximum atomic E-state index is 12.2. The van der Waals surface area contributed by atoms with Gasteiger partial charge in [0, 0.05) is 23.3 Å². The average Bonchev–Trinajstić information content (AvgIpc) is 2.83. The number of H-pyrrole nitrogens is 1. The Balaban J connectivity index is 2.11. The van der Waals surface area contributed by atoms with Crippen molar-refractivity contribution in [2.24, 2.45) is 11.7 Å². The second kappa shape index (κ2) is 4.59. The predicted molar refractivity (Wildman–Crippen MR) is 66.2 cm³/mol. The van der Waals surface area contributed by atoms with Crippen LogP contribution >= 0.6 is 15.9 Å². The molecule has 2 atom stereocenters. The highest BCUT2D eigenvalue weighted by molar-refractivity contribution is 9.10. The number of nitrogens with zero attached hydrogens (tertiary/aromatic N) is 1. The number of hydrogen-bond acceptors (Lipinski definition) is 2. The van der Waals surface area contributed by atoms with Gasteiger partial charge in [0.15, 0.2) is 0 Å². The first kappa shape index (κ1) is 11.7. The molecule has 0 bridgehead atoms. The van der Waals surface area contributed by atoms with E-state index in [2.05, 4.69) is 27.8 Å². The Bertz CT molecular complexity index is 390. The van der Waals surface area contributed by atoms with Gasteiger partial charge in [-0.3, -0.25) is 4.79 Å². The van der Waals surface area contributed by atoms with Gasteiger partial charge in [0.25, 0.3) is 5.91 Å². The molecule has 1 aromatic rings. The van der Waals surface area contributed by atoms with Crippen molar-refractivity contribution in [1.29, 1.82) is 0 Å². The molecule has 0 saturated carbocycles. The fourth-order valence-corrected chi connectivity index (χ4v) is 2.59. The molecule has 3 N–H and O–H groups in total. The third kappa shape index (κ3) is 2.15. The molecule has 4 nitrogen and oxygen atoms in total. The van der Waals surface area contributed by atoms with Crippen LogP contribution in [0.3, 0.4) is 0 Å². The lowest BCUT2D eigenvalue weighted by molar-refractivity contribution is 0.0738. The fourth-order valence-electron chi connectivity index (χ4n) is 2.24. The van der Waals surface area contributed by atoms with Crippen molar-refractivity contribution in [2.45, 2.75) is 19.4 Å². The molecule has 1 aliphatic heterocycles. The Morgan fingerprint density at radius 2 is 2.50 bits per heavy atom. The van der Waals surface area contributed by atoms with Crippen LogP contribution in [0.1, 0.15) is 23.8 Å². The van der Waals surface area contributed by atoms with Gasteiger partial charge in [0.1, 0.15) is 5.69 Å². The van der Waals surface area contributed by atoms with Gasteiger partial charge in [-0.1, -0.05) is 0 Å². The van der Waals surface area contributed by atoms with E-state index in [1.807, 2.05) is 11.0 Å². The molecule has 1 aliphatic rings. The van der Waals surface area contributed by atoms with Crippen molar-refractivity contribution in [3.63, 3.8) is 0 Å². The summed E-state index contributed by atoms with van der Waals surface area (Å²) in [6.07, 6.45) is 2.78. The maximum Gasteiger partial charge on any atom is 0.270 e. The van der Waals surface area contributed by atoms with Gasteiger partial charge in [-0.2, -0.15) is 0 Å². The Morgan fingerprint density at radius 3 is 3.00 bits per heavy atom. The zero-order valence-electron chi connectivity index (χ0n) is 9.24. The third-order valence-corrected chi connectivity index (χ3v) is 3.59. The molecule has 88 valence electrons. The van der Waals surface area contributed by atoms with E-state index in [4.69, 9.17) is 5.73 Å². The van der Waals surface area contributed by atoms with Gasteiger partial charge in [-0.25, -0.2) is 0 Å². The molecular formula is C11H16BrN3O. The van der Waals surface area contributed by atoms with E-state index in [1.54, 1.807) is 6.20 Å². The Labute approximate surface area is 103 Å². The number of rotatable bonds is 2. The number of halogens is 1. The maximum absolute atomic E-state index is 12.2. The molecule has 2 unspecified atom stereocenters. The van der Waals surface area contributed by atoms with E-state index in [0.717, 1.165) is 17.4 Å². The number of aromatic nitrogens is 1. The molecule has 0 aromatic carbocycles. The van der Waals surface area contributed by atoms with Crippen LogP contribution in [-0.4, -0.2) is 34.9 Å². The minimum Gasteiger partial charge on any atom is -0.356 e. The molecule has 0 aliphatic carbocycles. The largest absolute Gasteiger partial charge is 0.356 e. The van der Waals surface area contributed by atoms with Crippen LogP contribution in [0.5, 0.6) is 0 Å². The number of likely N-dealkylation sites (tertiary alicyclic amines) is 1. The van der Waals surface area contributed by atoms with E-state index in [9.17, 15) is 4.79 Å². The van der Waals surface area contributed by atoms with Crippen LogP contribution < -0.4 is 5.73 Å². The minimum absolute atomic E-state index is 0.0640. The molecule has 2 rings (SSSR count). The molecule has 1 amide bonds. The smallest absolute Gasteiger partial charge is 0.270 e. The first-order valence-corrected chi connectivity index (χ1v) is 6.26. The normalized spacial score (nSPS) is 25.1. The Hall–Kier alpha value is -0.810. The lowest BCUT2D eigenvalue weighted by Crippen LogP contribution is -2.34. The lowest BCUT2D eigenvalue weighted by atomic mass is 10.1. The monoisotopic (exact) mass is 285 g/mol. The van der Waals surface area contributed by atoms with Crippen LogP contribution in [0.25, 0.3) is 0 Å². The highest BCUT2D eigenvalue weighted by atomic mass is 79.9. The molecule has 16 heavy (non-hydrogen) atoms. The van der Waals surface area contributed by atoms with Gasteiger partial charge in [-0.15, -0.1) is 0 Å². The van der Waals surface area contributed by atoms with Gasteiger partial charge in [-0.05, 0) is 47.8 Å². The van der Waals surface area contributed by atoms with Gasteiger partial charge in [0.2, 0.25) is 0 Å². The number of carbonyl (C=O) groups excluding carboxylic acids is 1. The minimum atomic E-state index is 0.0640. The van der Waals surface area contributed by atoms with Crippen molar-refractivity contribution in [1.82, 2.24) is 9.88 Å². The summed E-state index contributed by atoms with van der Waals surface area (Å²) in [5, 5.41) is 0. The first-order chi connectivity index (χ1) is 7.61. The summed E-state index contributed by atoms with van der Waals surface area (Å²) in [7, 11) is 0. The summed E-state index contributed by atoms with van der Waals surface area (Å²) >= 11 is 3.33.